The van der Waals surface area contributed by atoms with E-state index in [-0.39, 0.29) is 17.8 Å². The van der Waals surface area contributed by atoms with Gasteiger partial charge in [-0.3, -0.25) is 4.79 Å². The van der Waals surface area contributed by atoms with Gasteiger partial charge < -0.3 is 4.57 Å². The van der Waals surface area contributed by atoms with Gasteiger partial charge in [-0.25, -0.2) is 15.0 Å². The number of aromatic nitrogens is 3. The molecule has 0 N–H and O–H groups in total. The zero-order chi connectivity index (χ0) is 15.0. The van der Waals surface area contributed by atoms with Crippen LogP contribution in [0.4, 0.5) is 0 Å². The highest BCUT2D eigenvalue weighted by molar-refractivity contribution is 7.11. The number of thiazole rings is 1. The molecule has 6 nitrogen and oxygen atoms in total. The van der Waals surface area contributed by atoms with Gasteiger partial charge in [0.1, 0.15) is 28.2 Å². The maximum absolute atomic E-state index is 12.2. The first-order valence-electron chi connectivity index (χ1n) is 6.25. The highest BCUT2D eigenvalue weighted by Crippen LogP contribution is 2.28. The third-order valence-electron chi connectivity index (χ3n) is 3.34. The lowest BCUT2D eigenvalue weighted by Crippen LogP contribution is -2.18. The summed E-state index contributed by atoms with van der Waals surface area (Å²) in [6.45, 7) is 1.85. The topological polar surface area (TPSA) is 83.9 Å². The summed E-state index contributed by atoms with van der Waals surface area (Å²) in [6, 6.07) is 1.97. The Morgan fingerprint density at radius 2 is 2.24 bits per heavy atom. The number of aryl methyl sites for hydroxylation is 1. The Morgan fingerprint density at radius 1 is 1.43 bits per heavy atom. The van der Waals surface area contributed by atoms with E-state index in [1.54, 1.807) is 12.4 Å². The van der Waals surface area contributed by atoms with Crippen molar-refractivity contribution in [3.63, 3.8) is 0 Å². The first-order chi connectivity index (χ1) is 10.1. The number of aliphatic imine (C=N–C) groups is 1. The molecule has 2 aromatic rings. The number of hydrogen-bond acceptors (Lipinski definition) is 6. The minimum absolute atomic E-state index is 0.0818. The molecule has 3 rings (SSSR count). The number of ketones is 1. The second-order valence-electron chi connectivity index (χ2n) is 4.58. The van der Waals surface area contributed by atoms with Crippen molar-refractivity contribution in [2.75, 3.05) is 0 Å². The van der Waals surface area contributed by atoms with Crippen LogP contribution in [0.2, 0.25) is 0 Å². The van der Waals surface area contributed by atoms with Crippen LogP contribution >= 0.6 is 11.3 Å². The minimum Gasteiger partial charge on any atom is -0.330 e. The maximum atomic E-state index is 12.2. The van der Waals surface area contributed by atoms with Crippen LogP contribution in [-0.4, -0.2) is 26.0 Å². The van der Waals surface area contributed by atoms with Crippen LogP contribution in [0.5, 0.6) is 0 Å². The molecule has 7 heteroatoms. The van der Waals surface area contributed by atoms with Gasteiger partial charge in [-0.15, -0.1) is 11.3 Å². The summed E-state index contributed by atoms with van der Waals surface area (Å²) < 4.78 is 1.81. The Hall–Kier alpha value is -2.59. The van der Waals surface area contributed by atoms with E-state index in [0.29, 0.717) is 22.1 Å². The molecule has 0 atom stereocenters. The number of Topliss-reactive ketones (excluding diaryl/α,β-unsaturated/α-hetero) is 1. The van der Waals surface area contributed by atoms with E-state index in [4.69, 9.17) is 0 Å². The lowest BCUT2D eigenvalue weighted by Gasteiger charge is -2.14. The predicted molar refractivity (Wildman–Crippen MR) is 78.8 cm³/mol. The highest BCUT2D eigenvalue weighted by atomic mass is 32.1. The first kappa shape index (κ1) is 13.4. The number of nitriles is 1. The number of hydrogen-bond donors (Lipinski definition) is 0. The first-order valence-corrected chi connectivity index (χ1v) is 7.13. The van der Waals surface area contributed by atoms with Crippen LogP contribution in [0, 0.1) is 18.3 Å². The van der Waals surface area contributed by atoms with Crippen molar-refractivity contribution in [2.24, 2.45) is 12.0 Å². The summed E-state index contributed by atoms with van der Waals surface area (Å²) in [7, 11) is 1.83. The maximum Gasteiger partial charge on any atom is 0.181 e. The van der Waals surface area contributed by atoms with E-state index in [0.717, 1.165) is 5.82 Å². The normalized spacial score (nSPS) is 15.1. The fraction of sp³-hybridized carbons (Fsp3) is 0.214. The van der Waals surface area contributed by atoms with Crippen molar-refractivity contribution in [3.05, 3.63) is 39.9 Å². The van der Waals surface area contributed by atoms with Crippen molar-refractivity contribution in [3.8, 4) is 6.07 Å². The van der Waals surface area contributed by atoms with E-state index in [9.17, 15) is 10.1 Å². The Morgan fingerprint density at radius 3 is 2.81 bits per heavy atom. The monoisotopic (exact) mass is 297 g/mol. The molecule has 1 aliphatic rings. The van der Waals surface area contributed by atoms with Crippen molar-refractivity contribution in [1.29, 1.82) is 5.26 Å². The van der Waals surface area contributed by atoms with Crippen LogP contribution < -0.4 is 0 Å². The standard InChI is InChI=1S/C14H11N5OS/c1-8-17-7-11(19(8)2)13-9(6-15)12(20)5-10(18-13)14-16-3-4-21-14/h3-4,7H,5H2,1-2H3. The van der Waals surface area contributed by atoms with Crippen molar-refractivity contribution >= 4 is 28.5 Å². The second kappa shape index (κ2) is 5.07. The number of imidazole rings is 1. The molecule has 104 valence electrons. The molecule has 2 aromatic heterocycles. The Balaban J connectivity index is 2.20. The van der Waals surface area contributed by atoms with E-state index >= 15 is 0 Å². The van der Waals surface area contributed by atoms with Gasteiger partial charge in [0.2, 0.25) is 0 Å². The zero-order valence-corrected chi connectivity index (χ0v) is 12.3. The third-order valence-corrected chi connectivity index (χ3v) is 4.17. The highest BCUT2D eigenvalue weighted by Gasteiger charge is 2.27. The van der Waals surface area contributed by atoms with Crippen molar-refractivity contribution in [2.45, 2.75) is 13.3 Å². The molecule has 0 amide bonds. The van der Waals surface area contributed by atoms with Crippen LogP contribution in [-0.2, 0) is 11.8 Å². The van der Waals surface area contributed by atoms with Crippen molar-refractivity contribution < 1.29 is 4.79 Å². The van der Waals surface area contributed by atoms with Crippen LogP contribution in [0.15, 0.2) is 28.3 Å². The summed E-state index contributed by atoms with van der Waals surface area (Å²) in [6.07, 6.45) is 3.41. The summed E-state index contributed by atoms with van der Waals surface area (Å²) in [5, 5.41) is 11.8. The van der Waals surface area contributed by atoms with Gasteiger partial charge in [0.15, 0.2) is 5.78 Å². The average Bonchev–Trinajstić information content (AvgIpc) is 3.10. The summed E-state index contributed by atoms with van der Waals surface area (Å²) in [4.78, 5) is 25.1. The van der Waals surface area contributed by atoms with E-state index in [2.05, 4.69) is 15.0 Å². The van der Waals surface area contributed by atoms with Gasteiger partial charge in [-0.05, 0) is 6.92 Å². The van der Waals surface area contributed by atoms with Gasteiger partial charge in [0, 0.05) is 18.6 Å². The quantitative estimate of drug-likeness (QED) is 0.847. The number of nitrogens with zero attached hydrogens (tertiary/aromatic N) is 5. The molecule has 0 saturated heterocycles. The molecule has 0 fully saturated rings. The molecule has 0 saturated carbocycles. The fourth-order valence-corrected chi connectivity index (χ4v) is 2.74. The number of rotatable bonds is 2. The van der Waals surface area contributed by atoms with E-state index < -0.39 is 0 Å². The summed E-state index contributed by atoms with van der Waals surface area (Å²) >= 11 is 1.42. The SMILES string of the molecule is Cc1ncc(C2=C(C#N)C(=O)CC(c3nccs3)=N2)n1C. The number of carbonyl (C=O) groups is 1. The Labute approximate surface area is 125 Å². The smallest absolute Gasteiger partial charge is 0.181 e. The molecule has 3 heterocycles. The van der Waals surface area contributed by atoms with Gasteiger partial charge in [0.05, 0.1) is 24.0 Å². The largest absolute Gasteiger partial charge is 0.330 e. The minimum atomic E-state index is -0.230. The Kier molecular flexibility index (Phi) is 3.23. The van der Waals surface area contributed by atoms with Crippen LogP contribution in [0.25, 0.3) is 5.70 Å². The van der Waals surface area contributed by atoms with Gasteiger partial charge in [-0.1, -0.05) is 0 Å². The Bertz CT molecular complexity index is 820. The molecular weight excluding hydrogens is 286 g/mol. The summed E-state index contributed by atoms with van der Waals surface area (Å²) in [5.41, 5.74) is 1.72. The van der Waals surface area contributed by atoms with Gasteiger partial charge >= 0.3 is 0 Å². The van der Waals surface area contributed by atoms with Gasteiger partial charge in [0.25, 0.3) is 0 Å². The second-order valence-corrected chi connectivity index (χ2v) is 5.48. The molecule has 0 bridgehead atoms. The predicted octanol–water partition coefficient (Wildman–Crippen LogP) is 1.88. The lowest BCUT2D eigenvalue weighted by molar-refractivity contribution is -0.114. The molecular formula is C14H11N5OS. The number of allylic oxidation sites excluding steroid dienone is 1. The van der Waals surface area contributed by atoms with Gasteiger partial charge in [-0.2, -0.15) is 5.26 Å². The molecule has 0 aliphatic carbocycles. The molecule has 0 unspecified atom stereocenters. The lowest BCUT2D eigenvalue weighted by atomic mass is 10.00. The van der Waals surface area contributed by atoms with Crippen LogP contribution in [0.3, 0.4) is 0 Å². The third kappa shape index (κ3) is 2.19. The fourth-order valence-electron chi connectivity index (χ4n) is 2.12. The zero-order valence-electron chi connectivity index (χ0n) is 11.5. The molecule has 0 aromatic carbocycles. The molecule has 0 radical (unpaired) electrons. The molecule has 0 spiro atoms. The summed E-state index contributed by atoms with van der Waals surface area (Å²) in [5.74, 6) is 0.561. The van der Waals surface area contributed by atoms with E-state index in [1.165, 1.54) is 11.3 Å². The molecule has 21 heavy (non-hydrogen) atoms. The number of carbonyl (C=O) groups excluding carboxylic acids is 1. The average molecular weight is 297 g/mol. The molecule has 1 aliphatic heterocycles. The van der Waals surface area contributed by atoms with Crippen molar-refractivity contribution in [1.82, 2.24) is 14.5 Å². The van der Waals surface area contributed by atoms with Crippen LogP contribution in [0.1, 0.15) is 22.9 Å². The van der Waals surface area contributed by atoms with E-state index in [1.807, 2.05) is 30.0 Å².